The number of benzene rings is 2. The number of anilines is 1. The summed E-state index contributed by atoms with van der Waals surface area (Å²) in [7, 11) is 0. The van der Waals surface area contributed by atoms with Crippen molar-refractivity contribution in [2.24, 2.45) is 0 Å². The minimum Gasteiger partial charge on any atom is -0.368 e. The van der Waals surface area contributed by atoms with Gasteiger partial charge in [-0.1, -0.05) is 60.4 Å². The summed E-state index contributed by atoms with van der Waals surface area (Å²) in [5, 5.41) is 0. The van der Waals surface area contributed by atoms with Crippen molar-refractivity contribution in [3.05, 3.63) is 54.6 Å². The molecule has 0 aromatic heterocycles. The van der Waals surface area contributed by atoms with E-state index < -0.39 is 0 Å². The van der Waals surface area contributed by atoms with Gasteiger partial charge in [0, 0.05) is 50.3 Å². The van der Waals surface area contributed by atoms with E-state index in [1.54, 1.807) is 0 Å². The Labute approximate surface area is 190 Å². The average molecular weight is 438 g/mol. The number of rotatable bonds is 4. The molecule has 0 unspecified atom stereocenters. The number of carbonyl (C=O) groups is 2. The molecule has 4 rings (SSSR count). The van der Waals surface area contributed by atoms with Crippen molar-refractivity contribution in [2.45, 2.75) is 19.3 Å². The number of piperidine rings is 1. The quantitative estimate of drug-likeness (QED) is 0.543. The highest BCUT2D eigenvalue weighted by atomic mass is 35.5. The Hall–Kier alpha value is -2.81. The second-order valence-corrected chi connectivity index (χ2v) is 7.73. The van der Waals surface area contributed by atoms with Crippen LogP contribution in [0.3, 0.4) is 0 Å². The number of piperazine rings is 1. The number of carbonyl (C=O) groups excluding carboxylic acids is 2. The smallest absolute Gasteiger partial charge is 0.230 e. The Morgan fingerprint density at radius 1 is 0.742 bits per heavy atom. The van der Waals surface area contributed by atoms with E-state index in [1.165, 1.54) is 21.7 Å². The van der Waals surface area contributed by atoms with Gasteiger partial charge >= 0.3 is 0 Å². The van der Waals surface area contributed by atoms with Crippen LogP contribution in [0.5, 0.6) is 0 Å². The molecule has 2 amide bonds. The van der Waals surface area contributed by atoms with Crippen LogP contribution in [0.4, 0.5) is 5.69 Å². The lowest BCUT2D eigenvalue weighted by Gasteiger charge is -2.36. The Balaban J connectivity index is 0.00000272. The van der Waals surface area contributed by atoms with Crippen LogP contribution in [0.25, 0.3) is 11.1 Å². The molecule has 0 aliphatic carbocycles. The summed E-state index contributed by atoms with van der Waals surface area (Å²) >= 11 is 0. The Kier molecular flexibility index (Phi) is 8.11. The van der Waals surface area contributed by atoms with E-state index >= 15 is 0 Å². The number of imide groups is 1. The number of amides is 2. The predicted molar refractivity (Wildman–Crippen MR) is 126 cm³/mol. The van der Waals surface area contributed by atoms with Crippen LogP contribution in [0, 0.1) is 11.8 Å². The summed E-state index contributed by atoms with van der Waals surface area (Å²) in [4.78, 5) is 29.7. The molecule has 5 nitrogen and oxygen atoms in total. The normalized spacial score (nSPS) is 17.0. The van der Waals surface area contributed by atoms with E-state index in [2.05, 4.69) is 70.2 Å². The maximum atomic E-state index is 11.8. The molecule has 162 valence electrons. The van der Waals surface area contributed by atoms with Gasteiger partial charge in [-0.15, -0.1) is 12.4 Å². The zero-order valence-electron chi connectivity index (χ0n) is 17.6. The fraction of sp³-hybridized carbons (Fsp3) is 0.360. The molecule has 0 spiro atoms. The van der Waals surface area contributed by atoms with Crippen molar-refractivity contribution in [3.63, 3.8) is 0 Å². The molecule has 0 saturated carbocycles. The molecule has 0 N–H and O–H groups in total. The molecule has 6 heteroatoms. The molecule has 31 heavy (non-hydrogen) atoms. The minimum atomic E-state index is -0.0914. The van der Waals surface area contributed by atoms with Gasteiger partial charge in [0.05, 0.1) is 13.1 Å². The molecular formula is C25H28ClN3O2. The van der Waals surface area contributed by atoms with E-state index in [-0.39, 0.29) is 30.8 Å². The second-order valence-electron chi connectivity index (χ2n) is 7.73. The lowest BCUT2D eigenvalue weighted by atomic mass is 10.0. The minimum absolute atomic E-state index is 0. The number of halogens is 1. The summed E-state index contributed by atoms with van der Waals surface area (Å²) in [6, 6.07) is 19.1. The maximum absolute atomic E-state index is 11.8. The monoisotopic (exact) mass is 437 g/mol. The summed E-state index contributed by atoms with van der Waals surface area (Å²) < 4.78 is 0. The third-order valence-corrected chi connectivity index (χ3v) is 5.75. The van der Waals surface area contributed by atoms with Crippen molar-refractivity contribution in [1.29, 1.82) is 0 Å². The lowest BCUT2D eigenvalue weighted by molar-refractivity contribution is -0.147. The van der Waals surface area contributed by atoms with Crippen molar-refractivity contribution in [1.82, 2.24) is 9.80 Å². The van der Waals surface area contributed by atoms with Gasteiger partial charge in [0.15, 0.2) is 0 Å². The topological polar surface area (TPSA) is 43.9 Å². The van der Waals surface area contributed by atoms with Crippen LogP contribution < -0.4 is 4.90 Å². The largest absolute Gasteiger partial charge is 0.368 e. The van der Waals surface area contributed by atoms with Gasteiger partial charge in [-0.2, -0.15) is 0 Å². The first kappa shape index (κ1) is 22.9. The van der Waals surface area contributed by atoms with E-state index in [1.807, 2.05) is 6.07 Å². The predicted octanol–water partition coefficient (Wildman–Crippen LogP) is 3.44. The zero-order valence-corrected chi connectivity index (χ0v) is 18.4. The summed E-state index contributed by atoms with van der Waals surface area (Å²) in [5.74, 6) is 5.98. The number of hydrogen-bond acceptors (Lipinski definition) is 4. The van der Waals surface area contributed by atoms with Gasteiger partial charge in [0.2, 0.25) is 11.8 Å². The Bertz CT molecular complexity index is 943. The molecule has 2 fully saturated rings. The van der Waals surface area contributed by atoms with Crippen LogP contribution in [-0.4, -0.2) is 60.9 Å². The first-order chi connectivity index (χ1) is 14.7. The van der Waals surface area contributed by atoms with Crippen molar-refractivity contribution < 1.29 is 9.59 Å². The first-order valence-corrected chi connectivity index (χ1v) is 10.6. The van der Waals surface area contributed by atoms with Gasteiger partial charge in [-0.25, -0.2) is 0 Å². The maximum Gasteiger partial charge on any atom is 0.230 e. The van der Waals surface area contributed by atoms with Crippen molar-refractivity contribution in [3.8, 4) is 23.0 Å². The Morgan fingerprint density at radius 2 is 1.35 bits per heavy atom. The summed E-state index contributed by atoms with van der Waals surface area (Å²) in [5.41, 5.74) is 3.78. The van der Waals surface area contributed by atoms with Crippen LogP contribution in [-0.2, 0) is 9.59 Å². The molecule has 0 radical (unpaired) electrons. The fourth-order valence-corrected chi connectivity index (χ4v) is 4.04. The molecule has 2 aliphatic heterocycles. The standard InChI is InChI=1S/C25H27N3O2.ClH/c29-24-13-8-14-25(30)28(24)16-7-6-15-26-17-19-27(20-18-26)23-12-5-4-11-22(23)21-9-2-1-3-10-21;/h1-5,9-12H,8,13-20H2;1H. The number of nitrogens with zero attached hydrogens (tertiary/aromatic N) is 3. The van der Waals surface area contributed by atoms with E-state index in [0.29, 0.717) is 25.8 Å². The van der Waals surface area contributed by atoms with Gasteiger partial charge < -0.3 is 4.90 Å². The van der Waals surface area contributed by atoms with Crippen LogP contribution >= 0.6 is 12.4 Å². The van der Waals surface area contributed by atoms with Crippen molar-refractivity contribution >= 4 is 29.9 Å². The lowest BCUT2D eigenvalue weighted by Crippen LogP contribution is -2.46. The first-order valence-electron chi connectivity index (χ1n) is 10.6. The summed E-state index contributed by atoms with van der Waals surface area (Å²) in [6.45, 7) is 4.69. The molecule has 2 aliphatic rings. The average Bonchev–Trinajstić information content (AvgIpc) is 2.79. The molecule has 0 atom stereocenters. The molecule has 2 heterocycles. The van der Waals surface area contributed by atoms with Gasteiger partial charge in [-0.3, -0.25) is 19.4 Å². The zero-order chi connectivity index (χ0) is 20.8. The van der Waals surface area contributed by atoms with E-state index in [4.69, 9.17) is 0 Å². The number of likely N-dealkylation sites (tertiary alicyclic amines) is 1. The number of hydrogen-bond donors (Lipinski definition) is 0. The molecule has 2 aromatic carbocycles. The van der Waals surface area contributed by atoms with Crippen LogP contribution in [0.2, 0.25) is 0 Å². The van der Waals surface area contributed by atoms with Gasteiger partial charge in [0.1, 0.15) is 0 Å². The van der Waals surface area contributed by atoms with Crippen LogP contribution in [0.1, 0.15) is 19.3 Å². The third kappa shape index (κ3) is 5.66. The van der Waals surface area contributed by atoms with Crippen molar-refractivity contribution in [2.75, 3.05) is 44.2 Å². The van der Waals surface area contributed by atoms with E-state index in [0.717, 1.165) is 26.2 Å². The highest BCUT2D eigenvalue weighted by molar-refractivity contribution is 5.97. The highest BCUT2D eigenvalue weighted by Gasteiger charge is 2.24. The molecule has 0 bridgehead atoms. The second kappa shape index (κ2) is 11.0. The van der Waals surface area contributed by atoms with Gasteiger partial charge in [0.25, 0.3) is 0 Å². The SMILES string of the molecule is Cl.O=C1CCCC(=O)N1CC#CCN1CCN(c2ccccc2-c2ccccc2)CC1. The highest BCUT2D eigenvalue weighted by Crippen LogP contribution is 2.31. The number of para-hydroxylation sites is 1. The third-order valence-electron chi connectivity index (χ3n) is 5.75. The van der Waals surface area contributed by atoms with E-state index in [9.17, 15) is 9.59 Å². The Morgan fingerprint density at radius 3 is 2.06 bits per heavy atom. The molecular weight excluding hydrogens is 410 g/mol. The van der Waals surface area contributed by atoms with Gasteiger partial charge in [-0.05, 0) is 18.1 Å². The molecule has 2 aromatic rings. The molecule has 2 saturated heterocycles. The fourth-order valence-electron chi connectivity index (χ4n) is 4.04. The van der Waals surface area contributed by atoms with Crippen LogP contribution in [0.15, 0.2) is 54.6 Å². The summed E-state index contributed by atoms with van der Waals surface area (Å²) in [6.07, 6.45) is 1.58.